The van der Waals surface area contributed by atoms with E-state index in [4.69, 9.17) is 0 Å². The third kappa shape index (κ3) is 4.12. The summed E-state index contributed by atoms with van der Waals surface area (Å²) in [6, 6.07) is 3.69. The second-order valence-corrected chi connectivity index (χ2v) is 8.67. The highest BCUT2D eigenvalue weighted by molar-refractivity contribution is 7.20. The first kappa shape index (κ1) is 20.6. The fourth-order valence-corrected chi connectivity index (χ4v) is 4.95. The van der Waals surface area contributed by atoms with Crippen molar-refractivity contribution in [3.05, 3.63) is 46.9 Å². The molecule has 0 aromatic carbocycles. The lowest BCUT2D eigenvalue weighted by Crippen LogP contribution is -2.39. The van der Waals surface area contributed by atoms with Crippen LogP contribution in [-0.4, -0.2) is 39.9 Å². The summed E-state index contributed by atoms with van der Waals surface area (Å²) in [4.78, 5) is 28.8. The first-order chi connectivity index (χ1) is 14.4. The topological polar surface area (TPSA) is 71.0 Å². The summed E-state index contributed by atoms with van der Waals surface area (Å²) in [6.07, 6.45) is 5.45. The standard InChI is InChI=1S/C21H23F2N5OS/c1-13-16-18(28(2)15-3-7-21(22,23)8-4-15)26-12-27-20(16)30-17(13)19(29)25-11-14-5-9-24-10-6-14/h5-6,9-10,12,15H,3-4,7-8,11H2,1-2H3,(H,25,29). The molecule has 1 amide bonds. The number of carbonyl (C=O) groups excluding carboxylic acids is 1. The number of halogens is 2. The largest absolute Gasteiger partial charge is 0.356 e. The van der Waals surface area contributed by atoms with Crippen LogP contribution in [0.15, 0.2) is 30.9 Å². The fraction of sp³-hybridized carbons (Fsp3) is 0.429. The number of hydrogen-bond acceptors (Lipinski definition) is 6. The molecule has 30 heavy (non-hydrogen) atoms. The third-order valence-corrected chi connectivity index (χ3v) is 6.88. The van der Waals surface area contributed by atoms with Crippen molar-refractivity contribution < 1.29 is 13.6 Å². The molecule has 1 fully saturated rings. The maximum atomic E-state index is 13.6. The number of carbonyl (C=O) groups is 1. The maximum Gasteiger partial charge on any atom is 0.261 e. The van der Waals surface area contributed by atoms with Crippen LogP contribution in [0.25, 0.3) is 10.2 Å². The average Bonchev–Trinajstić information content (AvgIpc) is 3.09. The lowest BCUT2D eigenvalue weighted by Gasteiger charge is -2.35. The van der Waals surface area contributed by atoms with E-state index in [2.05, 4.69) is 20.3 Å². The van der Waals surface area contributed by atoms with Crippen LogP contribution in [0.2, 0.25) is 0 Å². The van der Waals surface area contributed by atoms with Gasteiger partial charge in [0.15, 0.2) is 0 Å². The van der Waals surface area contributed by atoms with E-state index in [1.807, 2.05) is 31.0 Å². The Morgan fingerprint density at radius 1 is 1.27 bits per heavy atom. The lowest BCUT2D eigenvalue weighted by atomic mass is 9.91. The molecule has 0 unspecified atom stereocenters. The monoisotopic (exact) mass is 431 g/mol. The van der Waals surface area contributed by atoms with E-state index in [-0.39, 0.29) is 24.8 Å². The molecule has 0 spiro atoms. The highest BCUT2D eigenvalue weighted by atomic mass is 32.1. The molecule has 0 aliphatic heterocycles. The van der Waals surface area contributed by atoms with Gasteiger partial charge in [-0.15, -0.1) is 11.3 Å². The van der Waals surface area contributed by atoms with Crippen LogP contribution >= 0.6 is 11.3 Å². The number of nitrogens with zero attached hydrogens (tertiary/aromatic N) is 4. The summed E-state index contributed by atoms with van der Waals surface area (Å²) in [5.41, 5.74) is 1.78. The molecule has 158 valence electrons. The summed E-state index contributed by atoms with van der Waals surface area (Å²) in [5, 5.41) is 3.75. The van der Waals surface area contributed by atoms with E-state index >= 15 is 0 Å². The van der Waals surface area contributed by atoms with E-state index in [0.717, 1.165) is 21.3 Å². The van der Waals surface area contributed by atoms with E-state index in [0.29, 0.717) is 30.1 Å². The van der Waals surface area contributed by atoms with Gasteiger partial charge in [-0.05, 0) is 43.0 Å². The molecule has 1 saturated carbocycles. The van der Waals surface area contributed by atoms with Gasteiger partial charge in [-0.3, -0.25) is 9.78 Å². The summed E-state index contributed by atoms with van der Waals surface area (Å²) >= 11 is 1.32. The number of pyridine rings is 1. The van der Waals surface area contributed by atoms with Crippen LogP contribution in [0, 0.1) is 6.92 Å². The van der Waals surface area contributed by atoms with Gasteiger partial charge in [0.1, 0.15) is 17.0 Å². The molecule has 3 aromatic heterocycles. The Balaban J connectivity index is 1.57. The number of thiophene rings is 1. The number of anilines is 1. The number of nitrogens with one attached hydrogen (secondary N) is 1. The van der Waals surface area contributed by atoms with Crippen molar-refractivity contribution in [3.8, 4) is 0 Å². The highest BCUT2D eigenvalue weighted by Gasteiger charge is 2.37. The molecule has 3 aromatic rings. The van der Waals surface area contributed by atoms with Crippen molar-refractivity contribution in [3.63, 3.8) is 0 Å². The zero-order valence-corrected chi connectivity index (χ0v) is 17.7. The van der Waals surface area contributed by atoms with Gasteiger partial charge in [0.25, 0.3) is 5.91 Å². The summed E-state index contributed by atoms with van der Waals surface area (Å²) in [6.45, 7) is 2.29. The smallest absolute Gasteiger partial charge is 0.261 e. The summed E-state index contributed by atoms with van der Waals surface area (Å²) in [7, 11) is 1.89. The van der Waals surface area contributed by atoms with Gasteiger partial charge < -0.3 is 10.2 Å². The van der Waals surface area contributed by atoms with Crippen LogP contribution in [0.3, 0.4) is 0 Å². The average molecular weight is 432 g/mol. The Bertz CT molecular complexity index is 1050. The maximum absolute atomic E-state index is 13.6. The van der Waals surface area contributed by atoms with Crippen molar-refractivity contribution in [1.29, 1.82) is 0 Å². The van der Waals surface area contributed by atoms with E-state index in [1.165, 1.54) is 17.7 Å². The molecule has 0 bridgehead atoms. The molecule has 6 nitrogen and oxygen atoms in total. The van der Waals surface area contributed by atoms with E-state index in [1.54, 1.807) is 12.4 Å². The Morgan fingerprint density at radius 3 is 2.67 bits per heavy atom. The molecule has 0 radical (unpaired) electrons. The van der Waals surface area contributed by atoms with Crippen LogP contribution in [-0.2, 0) is 6.54 Å². The molecule has 3 heterocycles. The number of amides is 1. The first-order valence-electron chi connectivity index (χ1n) is 9.87. The van der Waals surface area contributed by atoms with Gasteiger partial charge in [-0.2, -0.15) is 0 Å². The van der Waals surface area contributed by atoms with Crippen LogP contribution in [0.5, 0.6) is 0 Å². The molecule has 0 atom stereocenters. The number of aromatic nitrogens is 3. The van der Waals surface area contributed by atoms with Crippen LogP contribution < -0.4 is 10.2 Å². The first-order valence-corrected chi connectivity index (χ1v) is 10.7. The van der Waals surface area contributed by atoms with Crippen molar-refractivity contribution in [1.82, 2.24) is 20.3 Å². The summed E-state index contributed by atoms with van der Waals surface area (Å²) < 4.78 is 27.1. The predicted molar refractivity (Wildman–Crippen MR) is 113 cm³/mol. The van der Waals surface area contributed by atoms with Crippen LogP contribution in [0.1, 0.15) is 46.5 Å². The van der Waals surface area contributed by atoms with Crippen LogP contribution in [0.4, 0.5) is 14.6 Å². The van der Waals surface area contributed by atoms with Crippen molar-refractivity contribution in [2.24, 2.45) is 0 Å². The second-order valence-electron chi connectivity index (χ2n) is 7.67. The number of alkyl halides is 2. The molecule has 9 heteroatoms. The lowest BCUT2D eigenvalue weighted by molar-refractivity contribution is -0.0378. The SMILES string of the molecule is Cc1c(C(=O)NCc2ccncc2)sc2ncnc(N(C)C3CCC(F)(F)CC3)c12. The minimum absolute atomic E-state index is 0.00834. The van der Waals surface area contributed by atoms with Crippen molar-refractivity contribution in [2.75, 3.05) is 11.9 Å². The minimum atomic E-state index is -2.57. The zero-order valence-electron chi connectivity index (χ0n) is 16.9. The molecular formula is C21H23F2N5OS. The number of aryl methyl sites for hydroxylation is 1. The third-order valence-electron chi connectivity index (χ3n) is 5.68. The fourth-order valence-electron chi connectivity index (χ4n) is 3.89. The summed E-state index contributed by atoms with van der Waals surface area (Å²) in [5.74, 6) is -2.05. The van der Waals surface area contributed by atoms with Gasteiger partial charge in [-0.25, -0.2) is 18.7 Å². The molecular weight excluding hydrogens is 408 g/mol. The Labute approximate surface area is 177 Å². The van der Waals surface area contributed by atoms with Gasteiger partial charge in [0.2, 0.25) is 5.92 Å². The van der Waals surface area contributed by atoms with E-state index in [9.17, 15) is 13.6 Å². The quantitative estimate of drug-likeness (QED) is 0.651. The van der Waals surface area contributed by atoms with E-state index < -0.39 is 5.92 Å². The van der Waals surface area contributed by atoms with Gasteiger partial charge in [0.05, 0.1) is 10.3 Å². The Kier molecular flexibility index (Phi) is 5.64. The number of fused-ring (bicyclic) bond motifs is 1. The van der Waals surface area contributed by atoms with Crippen molar-refractivity contribution in [2.45, 2.75) is 51.1 Å². The minimum Gasteiger partial charge on any atom is -0.356 e. The number of hydrogen-bond donors (Lipinski definition) is 1. The molecule has 4 rings (SSSR count). The molecule has 1 N–H and O–H groups in total. The second kappa shape index (κ2) is 8.22. The number of rotatable bonds is 5. The molecule has 0 saturated heterocycles. The van der Waals surface area contributed by atoms with Gasteiger partial charge in [0, 0.05) is 44.9 Å². The molecule has 1 aliphatic rings. The predicted octanol–water partition coefficient (Wildman–Crippen LogP) is 4.34. The highest BCUT2D eigenvalue weighted by Crippen LogP contribution is 2.39. The molecule has 1 aliphatic carbocycles. The normalized spacial score (nSPS) is 16.5. The Morgan fingerprint density at radius 2 is 1.97 bits per heavy atom. The van der Waals surface area contributed by atoms with Crippen molar-refractivity contribution >= 4 is 33.3 Å². The van der Waals surface area contributed by atoms with Gasteiger partial charge >= 0.3 is 0 Å². The zero-order chi connectivity index (χ0) is 21.3. The van der Waals surface area contributed by atoms with Gasteiger partial charge in [-0.1, -0.05) is 0 Å². The Hall–Kier alpha value is -2.68.